The Morgan fingerprint density at radius 3 is 2.62 bits per heavy atom. The molecule has 2 aromatic carbocycles. The number of para-hydroxylation sites is 2. The number of benzene rings is 2. The molecule has 0 fully saturated rings. The standard InChI is InChI=1S/C20H21N3O3/c1-12-7-6-8-14(11-12)18-17(13(2)21-20(25)23-18)19(24)22-15-9-4-5-10-16(15)26-3/h4-11,18H,1-3H3,(H,22,24)(H2,21,23,25)/t18-/m0/s1. The molecule has 1 aliphatic rings. The summed E-state index contributed by atoms with van der Waals surface area (Å²) in [6.45, 7) is 3.69. The van der Waals surface area contributed by atoms with Gasteiger partial charge in [-0.1, -0.05) is 42.0 Å². The molecular formula is C20H21N3O3. The fraction of sp³-hybridized carbons (Fsp3) is 0.200. The van der Waals surface area contributed by atoms with E-state index in [4.69, 9.17) is 4.74 Å². The van der Waals surface area contributed by atoms with Crippen LogP contribution in [0.5, 0.6) is 5.75 Å². The van der Waals surface area contributed by atoms with Crippen molar-refractivity contribution in [3.63, 3.8) is 0 Å². The van der Waals surface area contributed by atoms with Gasteiger partial charge in [-0.3, -0.25) is 4.79 Å². The highest BCUT2D eigenvalue weighted by atomic mass is 16.5. The van der Waals surface area contributed by atoms with Gasteiger partial charge in [-0.25, -0.2) is 4.79 Å². The molecule has 0 saturated carbocycles. The van der Waals surface area contributed by atoms with Crippen LogP contribution < -0.4 is 20.7 Å². The number of carbonyl (C=O) groups is 2. The first kappa shape index (κ1) is 17.5. The molecular weight excluding hydrogens is 330 g/mol. The Kier molecular flexibility index (Phi) is 4.93. The summed E-state index contributed by atoms with van der Waals surface area (Å²) in [4.78, 5) is 25.0. The number of methoxy groups -OCH3 is 1. The Balaban J connectivity index is 1.97. The molecule has 6 heteroatoms. The quantitative estimate of drug-likeness (QED) is 0.791. The minimum Gasteiger partial charge on any atom is -0.495 e. The monoisotopic (exact) mass is 351 g/mol. The molecule has 1 aliphatic heterocycles. The molecule has 3 rings (SSSR count). The number of hydrogen-bond acceptors (Lipinski definition) is 3. The van der Waals surface area contributed by atoms with Crippen LogP contribution in [0.2, 0.25) is 0 Å². The van der Waals surface area contributed by atoms with E-state index in [2.05, 4.69) is 16.0 Å². The van der Waals surface area contributed by atoms with E-state index in [9.17, 15) is 9.59 Å². The number of ether oxygens (including phenoxy) is 1. The topological polar surface area (TPSA) is 79.5 Å². The summed E-state index contributed by atoms with van der Waals surface area (Å²) in [5, 5.41) is 8.39. The van der Waals surface area contributed by atoms with E-state index < -0.39 is 6.04 Å². The number of nitrogens with one attached hydrogen (secondary N) is 3. The molecule has 0 aliphatic carbocycles. The Bertz CT molecular complexity index is 889. The van der Waals surface area contributed by atoms with Gasteiger partial charge in [0.25, 0.3) is 5.91 Å². The van der Waals surface area contributed by atoms with E-state index in [1.54, 1.807) is 26.2 Å². The molecule has 2 aromatic rings. The van der Waals surface area contributed by atoms with Crippen LogP contribution in [0.25, 0.3) is 0 Å². The van der Waals surface area contributed by atoms with E-state index in [0.29, 0.717) is 22.7 Å². The Morgan fingerprint density at radius 1 is 1.12 bits per heavy atom. The van der Waals surface area contributed by atoms with Gasteiger partial charge in [0.1, 0.15) is 5.75 Å². The van der Waals surface area contributed by atoms with Gasteiger partial charge in [-0.15, -0.1) is 0 Å². The molecule has 3 N–H and O–H groups in total. The number of allylic oxidation sites excluding steroid dienone is 1. The van der Waals surface area contributed by atoms with Crippen molar-refractivity contribution in [2.24, 2.45) is 0 Å². The summed E-state index contributed by atoms with van der Waals surface area (Å²) in [7, 11) is 1.55. The SMILES string of the molecule is COc1ccccc1NC(=O)C1=C(C)NC(=O)N[C@H]1c1cccc(C)c1. The van der Waals surface area contributed by atoms with Crippen LogP contribution in [0.3, 0.4) is 0 Å². The molecule has 0 aromatic heterocycles. The lowest BCUT2D eigenvalue weighted by Crippen LogP contribution is -2.46. The zero-order valence-electron chi connectivity index (χ0n) is 14.9. The van der Waals surface area contributed by atoms with Gasteiger partial charge in [-0.2, -0.15) is 0 Å². The van der Waals surface area contributed by atoms with Crippen LogP contribution in [-0.4, -0.2) is 19.0 Å². The maximum Gasteiger partial charge on any atom is 0.319 e. The number of amides is 3. The van der Waals surface area contributed by atoms with E-state index in [1.165, 1.54) is 0 Å². The first-order valence-corrected chi connectivity index (χ1v) is 8.29. The smallest absolute Gasteiger partial charge is 0.319 e. The number of aryl methyl sites for hydroxylation is 1. The Hall–Kier alpha value is -3.28. The normalized spacial score (nSPS) is 16.6. The third kappa shape index (κ3) is 3.54. The van der Waals surface area contributed by atoms with Crippen LogP contribution in [0.1, 0.15) is 24.1 Å². The Labute approximate surface area is 152 Å². The van der Waals surface area contributed by atoms with Crippen molar-refractivity contribution in [3.05, 3.63) is 70.9 Å². The summed E-state index contributed by atoms with van der Waals surface area (Å²) in [5.41, 5.74) is 3.45. The first-order chi connectivity index (χ1) is 12.5. The Morgan fingerprint density at radius 2 is 1.88 bits per heavy atom. The maximum absolute atomic E-state index is 13.0. The second-order valence-electron chi connectivity index (χ2n) is 6.14. The third-order valence-corrected chi connectivity index (χ3v) is 4.24. The zero-order chi connectivity index (χ0) is 18.7. The highest BCUT2D eigenvalue weighted by Gasteiger charge is 2.31. The van der Waals surface area contributed by atoms with Crippen LogP contribution >= 0.6 is 0 Å². The van der Waals surface area contributed by atoms with E-state index in [-0.39, 0.29) is 11.9 Å². The van der Waals surface area contributed by atoms with E-state index >= 15 is 0 Å². The van der Waals surface area contributed by atoms with Crippen molar-refractivity contribution in [3.8, 4) is 5.75 Å². The molecule has 6 nitrogen and oxygen atoms in total. The van der Waals surface area contributed by atoms with Crippen molar-refractivity contribution in [1.82, 2.24) is 10.6 Å². The van der Waals surface area contributed by atoms with Crippen LogP contribution in [0, 0.1) is 6.92 Å². The molecule has 0 saturated heterocycles. The number of rotatable bonds is 4. The lowest BCUT2D eigenvalue weighted by Gasteiger charge is -2.29. The minimum absolute atomic E-state index is 0.300. The van der Waals surface area contributed by atoms with Crippen LogP contribution in [0.4, 0.5) is 10.5 Å². The fourth-order valence-electron chi connectivity index (χ4n) is 3.03. The first-order valence-electron chi connectivity index (χ1n) is 8.29. The number of carbonyl (C=O) groups excluding carboxylic acids is 2. The fourth-order valence-corrected chi connectivity index (χ4v) is 3.03. The minimum atomic E-state index is -0.529. The summed E-state index contributed by atoms with van der Waals surface area (Å²) in [6, 6.07) is 14.1. The van der Waals surface area contributed by atoms with Gasteiger partial charge < -0.3 is 20.7 Å². The average molecular weight is 351 g/mol. The van der Waals surface area contributed by atoms with Crippen molar-refractivity contribution in [1.29, 1.82) is 0 Å². The summed E-state index contributed by atoms with van der Waals surface area (Å²) < 4.78 is 5.29. The predicted octanol–water partition coefficient (Wildman–Crippen LogP) is 3.27. The highest BCUT2D eigenvalue weighted by molar-refractivity contribution is 6.07. The van der Waals surface area contributed by atoms with E-state index in [0.717, 1.165) is 11.1 Å². The van der Waals surface area contributed by atoms with Gasteiger partial charge in [0.15, 0.2) is 0 Å². The lowest BCUT2D eigenvalue weighted by atomic mass is 9.94. The van der Waals surface area contributed by atoms with Crippen molar-refractivity contribution in [2.75, 3.05) is 12.4 Å². The van der Waals surface area contributed by atoms with Gasteiger partial charge in [-0.05, 0) is 31.5 Å². The predicted molar refractivity (Wildman–Crippen MR) is 99.9 cm³/mol. The van der Waals surface area contributed by atoms with Crippen LogP contribution in [0.15, 0.2) is 59.8 Å². The molecule has 0 radical (unpaired) electrons. The van der Waals surface area contributed by atoms with E-state index in [1.807, 2.05) is 43.3 Å². The average Bonchev–Trinajstić information content (AvgIpc) is 2.61. The highest BCUT2D eigenvalue weighted by Crippen LogP contribution is 2.30. The second kappa shape index (κ2) is 7.31. The van der Waals surface area contributed by atoms with Crippen molar-refractivity contribution < 1.29 is 14.3 Å². The number of anilines is 1. The van der Waals surface area contributed by atoms with Crippen molar-refractivity contribution in [2.45, 2.75) is 19.9 Å². The molecule has 1 atom stereocenters. The lowest BCUT2D eigenvalue weighted by molar-refractivity contribution is -0.113. The molecule has 0 bridgehead atoms. The molecule has 0 spiro atoms. The van der Waals surface area contributed by atoms with Gasteiger partial charge >= 0.3 is 6.03 Å². The largest absolute Gasteiger partial charge is 0.495 e. The van der Waals surface area contributed by atoms with Gasteiger partial charge in [0.2, 0.25) is 0 Å². The molecule has 3 amide bonds. The van der Waals surface area contributed by atoms with Gasteiger partial charge in [0, 0.05) is 5.70 Å². The summed E-state index contributed by atoms with van der Waals surface area (Å²) in [5.74, 6) is 0.269. The molecule has 134 valence electrons. The van der Waals surface area contributed by atoms with Crippen molar-refractivity contribution >= 4 is 17.6 Å². The molecule has 1 heterocycles. The molecule has 0 unspecified atom stereocenters. The number of urea groups is 1. The second-order valence-corrected chi connectivity index (χ2v) is 6.14. The van der Waals surface area contributed by atoms with Gasteiger partial charge in [0.05, 0.1) is 24.4 Å². The zero-order valence-corrected chi connectivity index (χ0v) is 14.9. The number of hydrogen-bond donors (Lipinski definition) is 3. The third-order valence-electron chi connectivity index (χ3n) is 4.24. The maximum atomic E-state index is 13.0. The summed E-state index contributed by atoms with van der Waals surface area (Å²) >= 11 is 0. The molecule has 26 heavy (non-hydrogen) atoms. The summed E-state index contributed by atoms with van der Waals surface area (Å²) in [6.07, 6.45) is 0. The van der Waals surface area contributed by atoms with Crippen LogP contribution in [-0.2, 0) is 4.79 Å².